The number of carbonyl (C=O) groups excluding carboxylic acids is 1. The van der Waals surface area contributed by atoms with Gasteiger partial charge in [-0.1, -0.05) is 36.4 Å². The van der Waals surface area contributed by atoms with E-state index in [9.17, 15) is 4.79 Å². The van der Waals surface area contributed by atoms with Gasteiger partial charge in [-0.05, 0) is 36.5 Å². The number of rotatable bonds is 3. The number of piperidine rings is 1. The molecule has 0 bridgehead atoms. The number of pyridine rings is 1. The molecule has 1 amide bonds. The normalized spacial score (nSPS) is 17.7. The second-order valence-electron chi connectivity index (χ2n) is 5.76. The number of amides is 1. The van der Waals surface area contributed by atoms with Crippen molar-refractivity contribution < 1.29 is 9.53 Å². The molecule has 1 aliphatic rings. The number of ether oxygens (including phenoxy) is 1. The van der Waals surface area contributed by atoms with Crippen LogP contribution in [-0.2, 0) is 11.3 Å². The van der Waals surface area contributed by atoms with Crippen molar-refractivity contribution in [2.45, 2.75) is 31.9 Å². The highest BCUT2D eigenvalue weighted by Gasteiger charge is 2.29. The first-order valence-electron chi connectivity index (χ1n) is 7.93. The highest BCUT2D eigenvalue weighted by molar-refractivity contribution is 5.68. The van der Waals surface area contributed by atoms with E-state index >= 15 is 0 Å². The Kier molecular flexibility index (Phi) is 4.76. The van der Waals surface area contributed by atoms with Crippen LogP contribution in [0.1, 0.15) is 36.4 Å². The number of nitrogens with two attached hydrogens (primary N) is 1. The summed E-state index contributed by atoms with van der Waals surface area (Å²) in [6, 6.07) is 13.4. The lowest BCUT2D eigenvalue weighted by atomic mass is 9.97. The predicted molar refractivity (Wildman–Crippen MR) is 88.6 cm³/mol. The lowest BCUT2D eigenvalue weighted by Crippen LogP contribution is -2.38. The van der Waals surface area contributed by atoms with Gasteiger partial charge in [0, 0.05) is 12.7 Å². The standard InChI is InChI=1S/C18H21N3O2/c19-17-10-9-15(12-20-17)16-8-4-5-11-21(16)18(22)23-13-14-6-2-1-3-7-14/h1-3,6-7,9-10,12,16H,4-5,8,11,13H2,(H2,19,20). The Labute approximate surface area is 136 Å². The Morgan fingerprint density at radius 2 is 2.04 bits per heavy atom. The van der Waals surface area contributed by atoms with Crippen LogP contribution in [0.2, 0.25) is 0 Å². The average Bonchev–Trinajstić information content (AvgIpc) is 2.61. The maximum atomic E-state index is 12.5. The van der Waals surface area contributed by atoms with Crippen molar-refractivity contribution in [3.05, 3.63) is 59.8 Å². The zero-order chi connectivity index (χ0) is 16.1. The molecule has 0 spiro atoms. The second kappa shape index (κ2) is 7.13. The average molecular weight is 311 g/mol. The van der Waals surface area contributed by atoms with Crippen molar-refractivity contribution in [1.82, 2.24) is 9.88 Å². The number of hydrogen-bond acceptors (Lipinski definition) is 4. The van der Waals surface area contributed by atoms with Crippen LogP contribution in [0, 0.1) is 0 Å². The lowest BCUT2D eigenvalue weighted by Gasteiger charge is -2.35. The molecule has 0 aliphatic carbocycles. The minimum Gasteiger partial charge on any atom is -0.445 e. The van der Waals surface area contributed by atoms with Crippen LogP contribution in [0.5, 0.6) is 0 Å². The van der Waals surface area contributed by atoms with Crippen molar-refractivity contribution >= 4 is 11.9 Å². The summed E-state index contributed by atoms with van der Waals surface area (Å²) in [7, 11) is 0. The summed E-state index contributed by atoms with van der Waals surface area (Å²) < 4.78 is 5.48. The first kappa shape index (κ1) is 15.3. The van der Waals surface area contributed by atoms with Crippen LogP contribution in [-0.4, -0.2) is 22.5 Å². The molecule has 2 aromatic rings. The third kappa shape index (κ3) is 3.80. The van der Waals surface area contributed by atoms with Crippen LogP contribution in [0.25, 0.3) is 0 Å². The first-order valence-corrected chi connectivity index (χ1v) is 7.93. The van der Waals surface area contributed by atoms with E-state index < -0.39 is 0 Å². The van der Waals surface area contributed by atoms with Crippen LogP contribution in [0.3, 0.4) is 0 Å². The summed E-state index contributed by atoms with van der Waals surface area (Å²) in [6.07, 6.45) is 4.50. The lowest BCUT2D eigenvalue weighted by molar-refractivity contribution is 0.0678. The van der Waals surface area contributed by atoms with Crippen molar-refractivity contribution in [1.29, 1.82) is 0 Å². The predicted octanol–water partition coefficient (Wildman–Crippen LogP) is 3.53. The maximum absolute atomic E-state index is 12.5. The summed E-state index contributed by atoms with van der Waals surface area (Å²) in [4.78, 5) is 18.4. The minimum absolute atomic E-state index is 0.0140. The fourth-order valence-corrected chi connectivity index (χ4v) is 2.91. The molecule has 1 aromatic carbocycles. The van der Waals surface area contributed by atoms with E-state index in [4.69, 9.17) is 10.5 Å². The molecule has 1 atom stereocenters. The summed E-state index contributed by atoms with van der Waals surface area (Å²) >= 11 is 0. The maximum Gasteiger partial charge on any atom is 0.410 e. The molecule has 0 saturated carbocycles. The molecule has 1 unspecified atom stereocenters. The van der Waals surface area contributed by atoms with Crippen LogP contribution >= 0.6 is 0 Å². The van der Waals surface area contributed by atoms with Gasteiger partial charge in [0.15, 0.2) is 0 Å². The fraction of sp³-hybridized carbons (Fsp3) is 0.333. The van der Waals surface area contributed by atoms with Gasteiger partial charge in [-0.2, -0.15) is 0 Å². The number of nitrogen functional groups attached to an aromatic ring is 1. The number of aromatic nitrogens is 1. The van der Waals surface area contributed by atoms with Crippen molar-refractivity contribution in [3.63, 3.8) is 0 Å². The number of anilines is 1. The number of nitrogens with zero attached hydrogens (tertiary/aromatic N) is 2. The Bertz CT molecular complexity index is 643. The molecule has 1 aliphatic heterocycles. The van der Waals surface area contributed by atoms with E-state index in [1.165, 1.54) is 0 Å². The molecule has 1 fully saturated rings. The van der Waals surface area contributed by atoms with Gasteiger partial charge in [-0.25, -0.2) is 9.78 Å². The SMILES string of the molecule is Nc1ccc(C2CCCCN2C(=O)OCc2ccccc2)cn1. The molecular formula is C18H21N3O2. The molecule has 2 heterocycles. The molecule has 1 saturated heterocycles. The van der Waals surface area contributed by atoms with Gasteiger partial charge in [-0.15, -0.1) is 0 Å². The minimum atomic E-state index is -0.268. The smallest absolute Gasteiger partial charge is 0.410 e. The third-order valence-corrected chi connectivity index (χ3v) is 4.14. The van der Waals surface area contributed by atoms with Crippen LogP contribution in [0.15, 0.2) is 48.7 Å². The molecule has 120 valence electrons. The van der Waals surface area contributed by atoms with Crippen molar-refractivity contribution in [2.75, 3.05) is 12.3 Å². The first-order chi connectivity index (χ1) is 11.2. The van der Waals surface area contributed by atoms with Gasteiger partial charge in [0.1, 0.15) is 12.4 Å². The number of carbonyl (C=O) groups is 1. The number of benzene rings is 1. The van der Waals surface area contributed by atoms with Gasteiger partial charge in [0.2, 0.25) is 0 Å². The summed E-state index contributed by atoms with van der Waals surface area (Å²) in [5.74, 6) is 0.489. The summed E-state index contributed by atoms with van der Waals surface area (Å²) in [6.45, 7) is 1.01. The van der Waals surface area contributed by atoms with E-state index in [1.807, 2.05) is 36.4 Å². The zero-order valence-corrected chi connectivity index (χ0v) is 13.0. The largest absolute Gasteiger partial charge is 0.445 e. The Balaban J connectivity index is 1.68. The molecule has 5 heteroatoms. The van der Waals surface area contributed by atoms with Gasteiger partial charge in [0.05, 0.1) is 6.04 Å². The number of likely N-dealkylation sites (tertiary alicyclic amines) is 1. The van der Waals surface area contributed by atoms with Gasteiger partial charge >= 0.3 is 6.09 Å². The van der Waals surface area contributed by atoms with Crippen LogP contribution < -0.4 is 5.73 Å². The summed E-state index contributed by atoms with van der Waals surface area (Å²) in [5.41, 5.74) is 7.65. The molecule has 5 nitrogen and oxygen atoms in total. The Morgan fingerprint density at radius 1 is 1.22 bits per heavy atom. The quantitative estimate of drug-likeness (QED) is 0.941. The molecule has 0 radical (unpaired) electrons. The Hall–Kier alpha value is -2.56. The summed E-state index contributed by atoms with van der Waals surface area (Å²) in [5, 5.41) is 0. The monoisotopic (exact) mass is 311 g/mol. The topological polar surface area (TPSA) is 68.5 Å². The fourth-order valence-electron chi connectivity index (χ4n) is 2.91. The van der Waals surface area contributed by atoms with Gasteiger partial charge < -0.3 is 15.4 Å². The van der Waals surface area contributed by atoms with E-state index in [2.05, 4.69) is 4.98 Å². The highest BCUT2D eigenvalue weighted by Crippen LogP contribution is 2.31. The zero-order valence-electron chi connectivity index (χ0n) is 13.0. The molecular weight excluding hydrogens is 290 g/mol. The molecule has 2 N–H and O–H groups in total. The van der Waals surface area contributed by atoms with Crippen molar-refractivity contribution in [3.8, 4) is 0 Å². The molecule has 3 rings (SSSR count). The second-order valence-corrected chi connectivity index (χ2v) is 5.76. The Morgan fingerprint density at radius 3 is 2.78 bits per heavy atom. The van der Waals surface area contributed by atoms with E-state index in [0.717, 1.165) is 30.4 Å². The van der Waals surface area contributed by atoms with E-state index in [-0.39, 0.29) is 12.1 Å². The van der Waals surface area contributed by atoms with Gasteiger partial charge in [-0.3, -0.25) is 0 Å². The molecule has 1 aromatic heterocycles. The third-order valence-electron chi connectivity index (χ3n) is 4.14. The number of hydrogen-bond donors (Lipinski definition) is 1. The van der Waals surface area contributed by atoms with E-state index in [0.29, 0.717) is 19.0 Å². The highest BCUT2D eigenvalue weighted by atomic mass is 16.6. The van der Waals surface area contributed by atoms with Gasteiger partial charge in [0.25, 0.3) is 0 Å². The van der Waals surface area contributed by atoms with E-state index in [1.54, 1.807) is 17.2 Å². The molecule has 23 heavy (non-hydrogen) atoms. The van der Waals surface area contributed by atoms with Crippen molar-refractivity contribution in [2.24, 2.45) is 0 Å². The van der Waals surface area contributed by atoms with Crippen LogP contribution in [0.4, 0.5) is 10.6 Å².